The summed E-state index contributed by atoms with van der Waals surface area (Å²) >= 11 is -2.09. The summed E-state index contributed by atoms with van der Waals surface area (Å²) in [5.74, 6) is 0. The van der Waals surface area contributed by atoms with Crippen LogP contribution in [0.25, 0.3) is 11.0 Å². The SMILES string of the molecule is O=S(O)Nc1ccnc2cccnc12. The predicted molar refractivity (Wildman–Crippen MR) is 53.9 cm³/mol. The van der Waals surface area contributed by atoms with Gasteiger partial charge in [0.2, 0.25) is 0 Å². The van der Waals surface area contributed by atoms with Crippen LogP contribution in [0.2, 0.25) is 0 Å². The third kappa shape index (κ3) is 1.70. The maximum atomic E-state index is 10.6. The first kappa shape index (κ1) is 9.04. The molecule has 0 aliphatic carbocycles. The summed E-state index contributed by atoms with van der Waals surface area (Å²) in [4.78, 5) is 8.13. The van der Waals surface area contributed by atoms with E-state index in [1.54, 1.807) is 30.6 Å². The number of anilines is 1. The second kappa shape index (κ2) is 3.69. The predicted octanol–water partition coefficient (Wildman–Crippen LogP) is 1.18. The first-order chi connectivity index (χ1) is 6.77. The summed E-state index contributed by atoms with van der Waals surface area (Å²) < 4.78 is 21.6. The summed E-state index contributed by atoms with van der Waals surface area (Å²) in [5, 5.41) is 0. The van der Waals surface area contributed by atoms with E-state index in [1.165, 1.54) is 0 Å². The van der Waals surface area contributed by atoms with Gasteiger partial charge in [-0.1, -0.05) is 0 Å². The minimum absolute atomic E-state index is 0.497. The fraction of sp³-hybridized carbons (Fsp3) is 0. The van der Waals surface area contributed by atoms with Gasteiger partial charge >= 0.3 is 0 Å². The molecule has 0 aliphatic heterocycles. The fourth-order valence-corrected chi connectivity index (χ4v) is 1.51. The smallest absolute Gasteiger partial charge is 0.259 e. The van der Waals surface area contributed by atoms with Crippen molar-refractivity contribution < 1.29 is 8.76 Å². The van der Waals surface area contributed by atoms with Crippen molar-refractivity contribution in [3.05, 3.63) is 30.6 Å². The van der Waals surface area contributed by atoms with Gasteiger partial charge in [0.15, 0.2) is 0 Å². The van der Waals surface area contributed by atoms with Crippen molar-refractivity contribution in [3.8, 4) is 0 Å². The van der Waals surface area contributed by atoms with Crippen LogP contribution in [0.15, 0.2) is 30.6 Å². The second-order valence-corrected chi connectivity index (χ2v) is 3.28. The Labute approximate surface area is 82.6 Å². The number of fused-ring (bicyclic) bond motifs is 1. The van der Waals surface area contributed by atoms with Crippen molar-refractivity contribution in [2.45, 2.75) is 0 Å². The van der Waals surface area contributed by atoms with Gasteiger partial charge in [-0.25, -0.2) is 4.21 Å². The monoisotopic (exact) mass is 209 g/mol. The molecule has 72 valence electrons. The fourth-order valence-electron chi connectivity index (χ4n) is 1.16. The van der Waals surface area contributed by atoms with Gasteiger partial charge in [0, 0.05) is 12.4 Å². The molecule has 2 rings (SSSR count). The summed E-state index contributed by atoms with van der Waals surface area (Å²) in [6.07, 6.45) is 3.16. The molecule has 14 heavy (non-hydrogen) atoms. The average molecular weight is 209 g/mol. The molecular weight excluding hydrogens is 202 g/mol. The summed E-state index contributed by atoms with van der Waals surface area (Å²) in [5.41, 5.74) is 1.76. The van der Waals surface area contributed by atoms with E-state index in [0.717, 1.165) is 0 Å². The van der Waals surface area contributed by atoms with Crippen LogP contribution in [-0.4, -0.2) is 18.7 Å². The van der Waals surface area contributed by atoms with Gasteiger partial charge in [-0.15, -0.1) is 0 Å². The topological polar surface area (TPSA) is 75.1 Å². The van der Waals surface area contributed by atoms with E-state index in [0.29, 0.717) is 16.7 Å². The molecule has 0 aliphatic rings. The largest absolute Gasteiger partial charge is 0.289 e. The van der Waals surface area contributed by atoms with E-state index < -0.39 is 11.3 Å². The molecule has 0 radical (unpaired) electrons. The van der Waals surface area contributed by atoms with Crippen molar-refractivity contribution in [2.24, 2.45) is 0 Å². The number of nitrogens with one attached hydrogen (secondary N) is 1. The molecule has 0 bridgehead atoms. The van der Waals surface area contributed by atoms with E-state index in [-0.39, 0.29) is 0 Å². The van der Waals surface area contributed by atoms with E-state index >= 15 is 0 Å². The third-order valence-corrected chi connectivity index (χ3v) is 2.09. The molecule has 2 aromatic heterocycles. The number of aromatic nitrogens is 2. The number of rotatable bonds is 2. The highest BCUT2D eigenvalue weighted by atomic mass is 32.2. The van der Waals surface area contributed by atoms with Gasteiger partial charge in [0.1, 0.15) is 5.52 Å². The molecule has 5 nitrogen and oxygen atoms in total. The highest BCUT2D eigenvalue weighted by Gasteiger charge is 2.03. The van der Waals surface area contributed by atoms with E-state index in [4.69, 9.17) is 4.55 Å². The van der Waals surface area contributed by atoms with Gasteiger partial charge in [0.05, 0.1) is 11.2 Å². The zero-order valence-corrected chi connectivity index (χ0v) is 7.86. The molecule has 0 aromatic carbocycles. The minimum atomic E-state index is -2.09. The lowest BCUT2D eigenvalue weighted by molar-refractivity contribution is 0.570. The Balaban J connectivity index is 2.59. The van der Waals surface area contributed by atoms with Gasteiger partial charge in [0.25, 0.3) is 11.3 Å². The van der Waals surface area contributed by atoms with Gasteiger partial charge in [-0.2, -0.15) is 0 Å². The maximum absolute atomic E-state index is 10.6. The number of hydrogen-bond donors (Lipinski definition) is 2. The van der Waals surface area contributed by atoms with Crippen LogP contribution < -0.4 is 4.72 Å². The molecule has 0 saturated heterocycles. The Morgan fingerprint density at radius 1 is 1.29 bits per heavy atom. The number of nitrogens with zero attached hydrogens (tertiary/aromatic N) is 2. The van der Waals surface area contributed by atoms with Crippen LogP contribution in [0.4, 0.5) is 5.69 Å². The van der Waals surface area contributed by atoms with Crippen molar-refractivity contribution in [2.75, 3.05) is 4.72 Å². The molecule has 0 saturated carbocycles. The Hall–Kier alpha value is -1.53. The summed E-state index contributed by atoms with van der Waals surface area (Å²) in [7, 11) is 0. The first-order valence-electron chi connectivity index (χ1n) is 3.84. The lowest BCUT2D eigenvalue weighted by Gasteiger charge is -2.03. The normalized spacial score (nSPS) is 12.6. The van der Waals surface area contributed by atoms with Crippen LogP contribution in [0.1, 0.15) is 0 Å². The highest BCUT2D eigenvalue weighted by Crippen LogP contribution is 2.18. The molecular formula is C8H7N3O2S. The minimum Gasteiger partial charge on any atom is -0.289 e. The summed E-state index contributed by atoms with van der Waals surface area (Å²) in [6.45, 7) is 0. The summed E-state index contributed by atoms with van der Waals surface area (Å²) in [6, 6.07) is 5.15. The molecule has 0 spiro atoms. The molecule has 1 atom stereocenters. The number of pyridine rings is 2. The van der Waals surface area contributed by atoms with Crippen molar-refractivity contribution >= 4 is 28.0 Å². The Kier molecular flexibility index (Phi) is 2.38. The highest BCUT2D eigenvalue weighted by molar-refractivity contribution is 7.80. The lowest BCUT2D eigenvalue weighted by atomic mass is 10.3. The zero-order valence-electron chi connectivity index (χ0n) is 7.04. The van der Waals surface area contributed by atoms with E-state index in [9.17, 15) is 4.21 Å². The molecule has 2 N–H and O–H groups in total. The molecule has 0 amide bonds. The first-order valence-corrected chi connectivity index (χ1v) is 4.95. The quantitative estimate of drug-likeness (QED) is 0.728. The van der Waals surface area contributed by atoms with Crippen molar-refractivity contribution in [1.82, 2.24) is 9.97 Å². The number of hydrogen-bond acceptors (Lipinski definition) is 3. The Morgan fingerprint density at radius 2 is 2.14 bits per heavy atom. The standard InChI is InChI=1S/C8H7N3O2S/c12-14(13)11-7-3-5-9-6-2-1-4-10-8(6)7/h1-5H,(H,9,11)(H,12,13). The maximum Gasteiger partial charge on any atom is 0.259 e. The van der Waals surface area contributed by atoms with Crippen LogP contribution >= 0.6 is 0 Å². The average Bonchev–Trinajstić information content (AvgIpc) is 2.18. The van der Waals surface area contributed by atoms with Gasteiger partial charge in [-0.3, -0.25) is 19.2 Å². The Bertz CT molecular complexity index is 483. The van der Waals surface area contributed by atoms with Crippen molar-refractivity contribution in [1.29, 1.82) is 0 Å². The lowest BCUT2D eigenvalue weighted by Crippen LogP contribution is -2.03. The second-order valence-electron chi connectivity index (χ2n) is 2.58. The van der Waals surface area contributed by atoms with E-state index in [1.807, 2.05) is 0 Å². The van der Waals surface area contributed by atoms with Crippen LogP contribution in [0.3, 0.4) is 0 Å². The molecule has 2 heterocycles. The zero-order chi connectivity index (χ0) is 9.97. The van der Waals surface area contributed by atoms with Crippen LogP contribution in [0.5, 0.6) is 0 Å². The molecule has 1 unspecified atom stereocenters. The molecule has 0 fully saturated rings. The van der Waals surface area contributed by atoms with E-state index in [2.05, 4.69) is 14.7 Å². The molecule has 2 aromatic rings. The Morgan fingerprint density at radius 3 is 2.93 bits per heavy atom. The van der Waals surface area contributed by atoms with Crippen molar-refractivity contribution in [3.63, 3.8) is 0 Å². The van der Waals surface area contributed by atoms with Crippen LogP contribution in [0, 0.1) is 0 Å². The van der Waals surface area contributed by atoms with Crippen LogP contribution in [-0.2, 0) is 11.3 Å². The van der Waals surface area contributed by atoms with Gasteiger partial charge < -0.3 is 0 Å². The third-order valence-electron chi connectivity index (χ3n) is 1.69. The van der Waals surface area contributed by atoms with Gasteiger partial charge in [-0.05, 0) is 18.2 Å². The molecule has 6 heteroatoms.